The van der Waals surface area contributed by atoms with E-state index >= 15 is 0 Å². The van der Waals surface area contributed by atoms with Gasteiger partial charge in [-0.3, -0.25) is 0 Å². The van der Waals surface area contributed by atoms with Crippen molar-refractivity contribution in [3.05, 3.63) is 36.0 Å². The zero-order valence-electron chi connectivity index (χ0n) is 18.9. The molecule has 0 saturated carbocycles. The summed E-state index contributed by atoms with van der Waals surface area (Å²) in [6.07, 6.45) is 1.61. The van der Waals surface area contributed by atoms with E-state index in [1.807, 2.05) is 0 Å². The fourth-order valence-electron chi connectivity index (χ4n) is 3.72. The van der Waals surface area contributed by atoms with E-state index in [0.717, 1.165) is 0 Å². The quantitative estimate of drug-likeness (QED) is 0.388. The third kappa shape index (κ3) is 4.78. The Balaban J connectivity index is 1.65. The predicted octanol–water partition coefficient (Wildman–Crippen LogP) is 2.27. The Morgan fingerprint density at radius 1 is 1.24 bits per heavy atom. The van der Waals surface area contributed by atoms with Crippen molar-refractivity contribution >= 4 is 38.2 Å². The normalized spacial score (nSPS) is 14.6. The molecule has 34 heavy (non-hydrogen) atoms. The Kier molecular flexibility index (Phi) is 7.18. The topological polar surface area (TPSA) is 142 Å². The van der Waals surface area contributed by atoms with Gasteiger partial charge in [-0.2, -0.15) is 9.57 Å². The molecule has 0 bridgehead atoms. The van der Waals surface area contributed by atoms with E-state index in [2.05, 4.69) is 26.7 Å². The molecule has 0 aliphatic carbocycles. The molecule has 0 spiro atoms. The number of fused-ring (bicyclic) bond motifs is 1. The number of nitrogens with one attached hydrogen (secondary N) is 3. The number of hydrogen-bond donors (Lipinski definition) is 3. The maximum atomic E-state index is 13.0. The molecule has 1 aliphatic heterocycles. The molecule has 0 amide bonds. The smallest absolute Gasteiger partial charge is 0.243 e. The van der Waals surface area contributed by atoms with E-state index < -0.39 is 10.0 Å². The number of hydrogen-bond acceptors (Lipinski definition) is 9. The Hall–Kier alpha value is -3.37. The van der Waals surface area contributed by atoms with Gasteiger partial charge in [0.2, 0.25) is 10.0 Å². The van der Waals surface area contributed by atoms with E-state index in [1.54, 1.807) is 25.4 Å². The fraction of sp³-hybridized carbons (Fsp3) is 0.364. The molecule has 2 aromatic heterocycles. The first-order valence-electron chi connectivity index (χ1n) is 10.7. The molecule has 0 radical (unpaired) electrons. The predicted molar refractivity (Wildman–Crippen MR) is 127 cm³/mol. The standard InChI is InChI=1S/C22H26N6O5S/c1-31-8-5-24-18-12-20(27-22-21(18)15(13-23)14-25-22)26-17-4-3-16(11-19(17)32-2)34(29,30)28-6-9-33-10-7-28/h3-4,11-12,14H,5-10H2,1-2H3,(H3,24,25,26,27). The highest BCUT2D eigenvalue weighted by atomic mass is 32.2. The number of rotatable bonds is 9. The van der Waals surface area contributed by atoms with Crippen molar-refractivity contribution in [3.63, 3.8) is 0 Å². The van der Waals surface area contributed by atoms with Gasteiger partial charge in [0.05, 0.1) is 54.2 Å². The van der Waals surface area contributed by atoms with Crippen LogP contribution in [0, 0.1) is 11.3 Å². The van der Waals surface area contributed by atoms with Gasteiger partial charge in [0.15, 0.2) is 0 Å². The highest BCUT2D eigenvalue weighted by molar-refractivity contribution is 7.89. The fourth-order valence-corrected chi connectivity index (χ4v) is 5.15. The zero-order valence-corrected chi connectivity index (χ0v) is 19.7. The summed E-state index contributed by atoms with van der Waals surface area (Å²) < 4.78 is 43.3. The molecule has 3 aromatic rings. The second-order valence-corrected chi connectivity index (χ2v) is 9.45. The SMILES string of the molecule is COCCNc1cc(Nc2ccc(S(=O)(=O)N3CCOCC3)cc2OC)nc2[nH]cc(C#N)c12. The minimum atomic E-state index is -3.66. The maximum absolute atomic E-state index is 13.0. The largest absolute Gasteiger partial charge is 0.495 e. The number of nitrogens with zero attached hydrogens (tertiary/aromatic N) is 3. The highest BCUT2D eigenvalue weighted by Gasteiger charge is 2.27. The summed E-state index contributed by atoms with van der Waals surface area (Å²) in [5.41, 5.74) is 2.27. The van der Waals surface area contributed by atoms with Crippen molar-refractivity contribution in [1.82, 2.24) is 14.3 Å². The average molecular weight is 487 g/mol. The summed E-state index contributed by atoms with van der Waals surface area (Å²) in [6.45, 7) is 2.41. The first-order chi connectivity index (χ1) is 16.5. The molecule has 180 valence electrons. The van der Waals surface area contributed by atoms with Crippen LogP contribution in [-0.4, -0.2) is 76.4 Å². The number of H-pyrrole nitrogens is 1. The van der Waals surface area contributed by atoms with Gasteiger partial charge in [-0.05, 0) is 12.1 Å². The summed E-state index contributed by atoms with van der Waals surface area (Å²) in [5, 5.41) is 16.6. The lowest BCUT2D eigenvalue weighted by Gasteiger charge is -2.26. The monoisotopic (exact) mass is 486 g/mol. The number of pyridine rings is 1. The molecule has 0 unspecified atom stereocenters. The Morgan fingerprint density at radius 2 is 2.03 bits per heavy atom. The molecule has 3 N–H and O–H groups in total. The molecule has 1 fully saturated rings. The molecule has 11 nitrogen and oxygen atoms in total. The van der Waals surface area contributed by atoms with Crippen molar-refractivity contribution in [2.45, 2.75) is 4.90 Å². The van der Waals surface area contributed by atoms with Gasteiger partial charge in [-0.1, -0.05) is 0 Å². The van der Waals surface area contributed by atoms with E-state index in [4.69, 9.17) is 14.2 Å². The molecule has 1 saturated heterocycles. The van der Waals surface area contributed by atoms with Crippen LogP contribution in [0.1, 0.15) is 5.56 Å². The number of benzene rings is 1. The number of methoxy groups -OCH3 is 2. The van der Waals surface area contributed by atoms with Crippen molar-refractivity contribution in [2.75, 3.05) is 64.3 Å². The lowest BCUT2D eigenvalue weighted by molar-refractivity contribution is 0.0730. The molecule has 3 heterocycles. The third-order valence-electron chi connectivity index (χ3n) is 5.43. The van der Waals surface area contributed by atoms with Gasteiger partial charge >= 0.3 is 0 Å². The molecule has 1 aromatic carbocycles. The highest BCUT2D eigenvalue weighted by Crippen LogP contribution is 2.34. The zero-order chi connectivity index (χ0) is 24.1. The lowest BCUT2D eigenvalue weighted by atomic mass is 10.2. The average Bonchev–Trinajstić information content (AvgIpc) is 3.28. The number of anilines is 3. The number of ether oxygens (including phenoxy) is 3. The molecule has 12 heteroatoms. The summed E-state index contributed by atoms with van der Waals surface area (Å²) in [7, 11) is -0.570. The van der Waals surface area contributed by atoms with Crippen molar-refractivity contribution < 1.29 is 22.6 Å². The van der Waals surface area contributed by atoms with Crippen LogP contribution in [0.15, 0.2) is 35.4 Å². The van der Waals surface area contributed by atoms with Crippen LogP contribution in [-0.2, 0) is 19.5 Å². The summed E-state index contributed by atoms with van der Waals surface area (Å²) in [5.74, 6) is 0.843. The van der Waals surface area contributed by atoms with E-state index in [-0.39, 0.29) is 4.90 Å². The van der Waals surface area contributed by atoms with Crippen molar-refractivity contribution in [1.29, 1.82) is 5.26 Å². The number of sulfonamides is 1. The molecular formula is C22H26N6O5S. The van der Waals surface area contributed by atoms with Crippen LogP contribution in [0.25, 0.3) is 11.0 Å². The third-order valence-corrected chi connectivity index (χ3v) is 7.32. The lowest BCUT2D eigenvalue weighted by Crippen LogP contribution is -2.40. The molecule has 4 rings (SSSR count). The van der Waals surface area contributed by atoms with Crippen LogP contribution >= 0.6 is 0 Å². The first-order valence-corrected chi connectivity index (χ1v) is 12.1. The summed E-state index contributed by atoms with van der Waals surface area (Å²) >= 11 is 0. The van der Waals surface area contributed by atoms with Gasteiger partial charge in [0.1, 0.15) is 23.3 Å². The van der Waals surface area contributed by atoms with Crippen LogP contribution < -0.4 is 15.4 Å². The van der Waals surface area contributed by atoms with Gasteiger partial charge in [-0.25, -0.2) is 13.4 Å². The summed E-state index contributed by atoms with van der Waals surface area (Å²) in [4.78, 5) is 7.73. The molecule has 0 atom stereocenters. The van der Waals surface area contributed by atoms with E-state index in [0.29, 0.717) is 79.0 Å². The van der Waals surface area contributed by atoms with E-state index in [1.165, 1.54) is 23.5 Å². The van der Waals surface area contributed by atoms with Gasteiger partial charge in [0, 0.05) is 45.1 Å². The van der Waals surface area contributed by atoms with Crippen LogP contribution in [0.5, 0.6) is 5.75 Å². The number of nitriles is 1. The minimum absolute atomic E-state index is 0.144. The Labute approximate surface area is 197 Å². The Morgan fingerprint density at radius 3 is 2.74 bits per heavy atom. The van der Waals surface area contributed by atoms with Gasteiger partial charge in [-0.15, -0.1) is 0 Å². The van der Waals surface area contributed by atoms with Crippen molar-refractivity contribution in [3.8, 4) is 11.8 Å². The number of morpholine rings is 1. The van der Waals surface area contributed by atoms with Crippen LogP contribution in [0.2, 0.25) is 0 Å². The molecular weight excluding hydrogens is 460 g/mol. The maximum Gasteiger partial charge on any atom is 0.243 e. The van der Waals surface area contributed by atoms with Gasteiger partial charge < -0.3 is 29.8 Å². The second-order valence-electron chi connectivity index (χ2n) is 7.52. The van der Waals surface area contributed by atoms with E-state index in [9.17, 15) is 13.7 Å². The molecule has 1 aliphatic rings. The van der Waals surface area contributed by atoms with Crippen molar-refractivity contribution in [2.24, 2.45) is 0 Å². The summed E-state index contributed by atoms with van der Waals surface area (Å²) in [6, 6.07) is 8.62. The number of aromatic amines is 1. The van der Waals surface area contributed by atoms with Crippen LogP contribution in [0.3, 0.4) is 0 Å². The second kappa shape index (κ2) is 10.3. The first kappa shape index (κ1) is 23.8. The Bertz CT molecular complexity index is 1310. The number of aromatic nitrogens is 2. The minimum Gasteiger partial charge on any atom is -0.495 e. The van der Waals surface area contributed by atoms with Crippen LogP contribution in [0.4, 0.5) is 17.2 Å². The van der Waals surface area contributed by atoms with Gasteiger partial charge in [0.25, 0.3) is 0 Å².